The average Bonchev–Trinajstić information content (AvgIpc) is 3.28. The highest BCUT2D eigenvalue weighted by Gasteiger charge is 2.32. The number of rotatable bonds is 5. The Balaban J connectivity index is 1.25. The summed E-state index contributed by atoms with van der Waals surface area (Å²) >= 11 is 0. The predicted molar refractivity (Wildman–Crippen MR) is 134 cm³/mol. The summed E-state index contributed by atoms with van der Waals surface area (Å²) in [5, 5.41) is 0. The van der Waals surface area contributed by atoms with Gasteiger partial charge in [0.05, 0.1) is 13.2 Å². The number of hydrogen-bond donors (Lipinski definition) is 0. The van der Waals surface area contributed by atoms with Crippen molar-refractivity contribution in [1.82, 2.24) is 9.80 Å². The van der Waals surface area contributed by atoms with Crippen LogP contribution in [0.2, 0.25) is 0 Å². The first kappa shape index (κ1) is 26.4. The van der Waals surface area contributed by atoms with Gasteiger partial charge in [-0.3, -0.25) is 4.79 Å². The van der Waals surface area contributed by atoms with E-state index in [1.54, 1.807) is 15.9 Å². The van der Waals surface area contributed by atoms with E-state index in [2.05, 4.69) is 0 Å². The Labute approximate surface area is 212 Å². The summed E-state index contributed by atoms with van der Waals surface area (Å²) in [6.45, 7) is 7.89. The van der Waals surface area contributed by atoms with Gasteiger partial charge in [0.25, 0.3) is 0 Å². The van der Waals surface area contributed by atoms with Crippen LogP contribution in [0.1, 0.15) is 64.9 Å². The van der Waals surface area contributed by atoms with Gasteiger partial charge in [0.2, 0.25) is 5.91 Å². The van der Waals surface area contributed by atoms with Crippen molar-refractivity contribution in [3.8, 4) is 5.75 Å². The molecule has 2 unspecified atom stereocenters. The Kier molecular flexibility index (Phi) is 8.20. The highest BCUT2D eigenvalue weighted by atomic mass is 19.1. The van der Waals surface area contributed by atoms with Crippen LogP contribution in [0.3, 0.4) is 0 Å². The zero-order chi connectivity index (χ0) is 25.9. The molecule has 2 fully saturated rings. The highest BCUT2D eigenvalue weighted by molar-refractivity contribution is 5.81. The third-order valence-electron chi connectivity index (χ3n) is 7.25. The van der Waals surface area contributed by atoms with Gasteiger partial charge in [-0.05, 0) is 88.5 Å². The van der Waals surface area contributed by atoms with Crippen LogP contribution >= 0.6 is 0 Å². The van der Waals surface area contributed by atoms with Crippen LogP contribution in [0.15, 0.2) is 24.3 Å². The number of halogens is 2. The molecule has 2 aliphatic heterocycles. The number of hydrogen-bond acceptors (Lipinski definition) is 4. The molecule has 0 radical (unpaired) electrons. The first-order valence-corrected chi connectivity index (χ1v) is 13.1. The van der Waals surface area contributed by atoms with E-state index in [9.17, 15) is 18.4 Å². The summed E-state index contributed by atoms with van der Waals surface area (Å²) in [6.07, 6.45) is 4.81. The van der Waals surface area contributed by atoms with Gasteiger partial charge in [0.1, 0.15) is 11.8 Å². The molecule has 0 N–H and O–H groups in total. The Morgan fingerprint density at radius 1 is 1.06 bits per heavy atom. The maximum Gasteiger partial charge on any atom is 0.410 e. The van der Waals surface area contributed by atoms with Crippen molar-refractivity contribution in [2.24, 2.45) is 11.8 Å². The number of nitrogens with zero attached hydrogens (tertiary/aromatic N) is 2. The lowest BCUT2D eigenvalue weighted by molar-refractivity contribution is -0.134. The fraction of sp³-hybridized carbons (Fsp3) is 0.643. The van der Waals surface area contributed by atoms with E-state index in [-0.39, 0.29) is 36.1 Å². The van der Waals surface area contributed by atoms with E-state index in [4.69, 9.17) is 9.47 Å². The molecule has 0 spiro atoms. The molecule has 3 aliphatic rings. The van der Waals surface area contributed by atoms with Crippen LogP contribution in [0.4, 0.5) is 13.6 Å². The SMILES string of the molecule is CC(C)(C)OC(=O)N1CCC(COc2ccc(C3=CCC(C(=O)N4CCC(F)C4)CC3)cc2F)CC1. The Morgan fingerprint density at radius 2 is 1.78 bits per heavy atom. The second kappa shape index (κ2) is 11.2. The highest BCUT2D eigenvalue weighted by Crippen LogP contribution is 2.34. The fourth-order valence-corrected chi connectivity index (χ4v) is 5.13. The molecule has 198 valence electrons. The standard InChI is InChI=1S/C28H38F2N2O4/c1-28(2,3)36-27(34)31-13-10-19(11-14-31)18-35-25-9-8-22(16-24(25)30)20-4-6-21(7-5-20)26(33)32-15-12-23(29)17-32/h4,8-9,16,19,21,23H,5-7,10-15,17-18H2,1-3H3. The Bertz CT molecular complexity index is 982. The van der Waals surface area contributed by atoms with Gasteiger partial charge in [0.15, 0.2) is 11.6 Å². The van der Waals surface area contributed by atoms with Crippen molar-refractivity contribution < 1.29 is 27.8 Å². The summed E-state index contributed by atoms with van der Waals surface area (Å²) in [4.78, 5) is 28.2. The molecule has 2 atom stereocenters. The first-order valence-electron chi connectivity index (χ1n) is 13.1. The van der Waals surface area contributed by atoms with E-state index in [1.165, 1.54) is 6.07 Å². The third kappa shape index (κ3) is 6.77. The topological polar surface area (TPSA) is 59.1 Å². The van der Waals surface area contributed by atoms with Crippen molar-refractivity contribution >= 4 is 17.6 Å². The van der Waals surface area contributed by atoms with Crippen LogP contribution < -0.4 is 4.74 Å². The molecular weight excluding hydrogens is 466 g/mol. The minimum absolute atomic E-state index is 0.0392. The number of alkyl halides is 1. The lowest BCUT2D eigenvalue weighted by Gasteiger charge is -2.33. The molecule has 2 amide bonds. The molecule has 8 heteroatoms. The molecule has 0 aromatic heterocycles. The normalized spacial score (nSPS) is 23.4. The first-order chi connectivity index (χ1) is 17.1. The monoisotopic (exact) mass is 504 g/mol. The molecule has 36 heavy (non-hydrogen) atoms. The van der Waals surface area contributed by atoms with Gasteiger partial charge < -0.3 is 19.3 Å². The van der Waals surface area contributed by atoms with Crippen molar-refractivity contribution in [2.45, 2.75) is 71.1 Å². The Morgan fingerprint density at radius 3 is 2.36 bits per heavy atom. The van der Waals surface area contributed by atoms with E-state index < -0.39 is 17.6 Å². The molecule has 2 saturated heterocycles. The smallest absolute Gasteiger partial charge is 0.410 e. The zero-order valence-corrected chi connectivity index (χ0v) is 21.6. The predicted octanol–water partition coefficient (Wildman–Crippen LogP) is 5.61. The largest absolute Gasteiger partial charge is 0.490 e. The molecule has 0 saturated carbocycles. The van der Waals surface area contributed by atoms with Gasteiger partial charge in [0, 0.05) is 25.6 Å². The molecule has 1 aromatic carbocycles. The van der Waals surface area contributed by atoms with Gasteiger partial charge in [-0.15, -0.1) is 0 Å². The number of benzene rings is 1. The van der Waals surface area contributed by atoms with Gasteiger partial charge in [-0.25, -0.2) is 13.6 Å². The van der Waals surface area contributed by atoms with Crippen molar-refractivity contribution in [3.05, 3.63) is 35.7 Å². The summed E-state index contributed by atoms with van der Waals surface area (Å²) in [6, 6.07) is 5.04. The van der Waals surface area contributed by atoms with Crippen LogP contribution in [-0.2, 0) is 9.53 Å². The Hall–Kier alpha value is -2.64. The van der Waals surface area contributed by atoms with Crippen LogP contribution in [0.5, 0.6) is 5.75 Å². The molecule has 1 aliphatic carbocycles. The second-order valence-corrected chi connectivity index (χ2v) is 11.2. The summed E-state index contributed by atoms with van der Waals surface area (Å²) < 4.78 is 39.5. The molecule has 2 heterocycles. The lowest BCUT2D eigenvalue weighted by Crippen LogP contribution is -2.42. The fourth-order valence-electron chi connectivity index (χ4n) is 5.13. The van der Waals surface area contributed by atoms with E-state index in [0.29, 0.717) is 51.9 Å². The minimum atomic E-state index is -0.905. The maximum absolute atomic E-state index is 14.8. The maximum atomic E-state index is 14.8. The minimum Gasteiger partial charge on any atom is -0.490 e. The second-order valence-electron chi connectivity index (χ2n) is 11.2. The average molecular weight is 505 g/mol. The summed E-state index contributed by atoms with van der Waals surface area (Å²) in [5.74, 6) is 0.00329. The van der Waals surface area contributed by atoms with Crippen molar-refractivity contribution in [1.29, 1.82) is 0 Å². The van der Waals surface area contributed by atoms with E-state index in [0.717, 1.165) is 24.0 Å². The zero-order valence-electron chi connectivity index (χ0n) is 21.6. The number of ether oxygens (including phenoxy) is 2. The number of amides is 2. The number of carbonyl (C=O) groups is 2. The molecule has 1 aromatic rings. The molecular formula is C28H38F2N2O4. The van der Waals surface area contributed by atoms with Crippen LogP contribution in [0.25, 0.3) is 5.57 Å². The molecule has 0 bridgehead atoms. The van der Waals surface area contributed by atoms with Crippen molar-refractivity contribution in [3.63, 3.8) is 0 Å². The van der Waals surface area contributed by atoms with Crippen LogP contribution in [0, 0.1) is 17.7 Å². The van der Waals surface area contributed by atoms with Crippen LogP contribution in [-0.4, -0.2) is 66.4 Å². The lowest BCUT2D eigenvalue weighted by atomic mass is 9.86. The van der Waals surface area contributed by atoms with E-state index in [1.807, 2.05) is 32.9 Å². The van der Waals surface area contributed by atoms with Crippen molar-refractivity contribution in [2.75, 3.05) is 32.8 Å². The number of likely N-dealkylation sites (tertiary alicyclic amines) is 2. The van der Waals surface area contributed by atoms with Gasteiger partial charge in [-0.1, -0.05) is 12.1 Å². The number of carbonyl (C=O) groups excluding carboxylic acids is 2. The quantitative estimate of drug-likeness (QED) is 0.523. The summed E-state index contributed by atoms with van der Waals surface area (Å²) in [5.41, 5.74) is 1.33. The van der Waals surface area contributed by atoms with Gasteiger partial charge >= 0.3 is 6.09 Å². The van der Waals surface area contributed by atoms with E-state index >= 15 is 0 Å². The third-order valence-corrected chi connectivity index (χ3v) is 7.25. The number of piperidine rings is 1. The summed E-state index contributed by atoms with van der Waals surface area (Å²) in [7, 11) is 0. The molecule has 4 rings (SSSR count). The molecule has 6 nitrogen and oxygen atoms in total. The number of allylic oxidation sites excluding steroid dienone is 2. The van der Waals surface area contributed by atoms with Gasteiger partial charge in [-0.2, -0.15) is 0 Å².